The van der Waals surface area contributed by atoms with E-state index in [2.05, 4.69) is 6.92 Å². The van der Waals surface area contributed by atoms with Gasteiger partial charge in [0.2, 0.25) is 0 Å². The lowest BCUT2D eigenvalue weighted by molar-refractivity contribution is 0.409. The van der Waals surface area contributed by atoms with Crippen molar-refractivity contribution in [3.8, 4) is 5.75 Å². The van der Waals surface area contributed by atoms with Crippen LogP contribution in [0.25, 0.3) is 33.2 Å². The van der Waals surface area contributed by atoms with Gasteiger partial charge in [-0.1, -0.05) is 62.9 Å². The number of fused-ring (bicyclic) bond motifs is 4. The van der Waals surface area contributed by atoms with E-state index in [4.69, 9.17) is 19.7 Å². The molecule has 0 radical (unpaired) electrons. The van der Waals surface area contributed by atoms with Crippen LogP contribution in [0.1, 0.15) is 50.4 Å². The van der Waals surface area contributed by atoms with Crippen LogP contribution in [0.5, 0.6) is 5.75 Å². The van der Waals surface area contributed by atoms with E-state index >= 15 is 0 Å². The second-order valence-corrected chi connectivity index (χ2v) is 9.01. The molecular formula is C28H31N5O2. The molecule has 0 saturated heterocycles. The summed E-state index contributed by atoms with van der Waals surface area (Å²) in [4.78, 5) is 28.6. The lowest BCUT2D eigenvalue weighted by Gasteiger charge is -2.12. The number of para-hydroxylation sites is 3. The van der Waals surface area contributed by atoms with Crippen LogP contribution in [0.15, 0.2) is 53.3 Å². The van der Waals surface area contributed by atoms with Crippen LogP contribution in [-0.4, -0.2) is 31.2 Å². The van der Waals surface area contributed by atoms with Crippen LogP contribution < -0.4 is 10.3 Å². The molecule has 0 aliphatic carbocycles. The van der Waals surface area contributed by atoms with Gasteiger partial charge in [0.1, 0.15) is 22.5 Å². The Morgan fingerprint density at radius 2 is 1.54 bits per heavy atom. The van der Waals surface area contributed by atoms with Gasteiger partial charge in [-0.15, -0.1) is 0 Å². The zero-order valence-corrected chi connectivity index (χ0v) is 20.6. The first-order chi connectivity index (χ1) is 17.1. The van der Waals surface area contributed by atoms with Crippen molar-refractivity contribution in [2.24, 2.45) is 0 Å². The maximum atomic E-state index is 13.8. The first-order valence-electron chi connectivity index (χ1n) is 12.4. The molecule has 0 amide bonds. The summed E-state index contributed by atoms with van der Waals surface area (Å²) in [6, 6.07) is 15.7. The lowest BCUT2D eigenvalue weighted by Crippen LogP contribution is -2.24. The molecule has 2 aromatic carbocycles. The molecule has 0 aliphatic heterocycles. The van der Waals surface area contributed by atoms with E-state index in [-0.39, 0.29) is 5.56 Å². The van der Waals surface area contributed by atoms with Crippen molar-refractivity contribution < 1.29 is 4.74 Å². The Morgan fingerprint density at radius 3 is 2.31 bits per heavy atom. The predicted octanol–water partition coefficient (Wildman–Crippen LogP) is 5.63. The standard InChI is InChI=1S/C28H31N5O2/c1-4-5-6-7-12-17-32-19(2)29-26-24(28(32)34)25-27(31-22-15-10-9-14-21(22)30-25)33(26)18-20-13-8-11-16-23(20)35-3/h8-11,13-16H,4-7,12,17-18H2,1-3H3. The van der Waals surface area contributed by atoms with Gasteiger partial charge in [0.25, 0.3) is 5.56 Å². The number of aryl methyl sites for hydroxylation is 1. The monoisotopic (exact) mass is 469 g/mol. The zero-order valence-electron chi connectivity index (χ0n) is 20.6. The highest BCUT2D eigenvalue weighted by molar-refractivity contribution is 6.04. The highest BCUT2D eigenvalue weighted by Gasteiger charge is 2.22. The molecule has 0 fully saturated rings. The summed E-state index contributed by atoms with van der Waals surface area (Å²) in [5.74, 6) is 1.50. The minimum atomic E-state index is -0.0450. The van der Waals surface area contributed by atoms with Gasteiger partial charge < -0.3 is 9.30 Å². The van der Waals surface area contributed by atoms with Gasteiger partial charge in [-0.05, 0) is 31.5 Å². The molecule has 0 N–H and O–H groups in total. The Morgan fingerprint density at radius 1 is 0.829 bits per heavy atom. The highest BCUT2D eigenvalue weighted by Crippen LogP contribution is 2.28. The average Bonchev–Trinajstić information content (AvgIpc) is 3.16. The topological polar surface area (TPSA) is 74.8 Å². The molecule has 0 bridgehead atoms. The summed E-state index contributed by atoms with van der Waals surface area (Å²) in [5, 5.41) is 0.535. The molecule has 5 aromatic rings. The molecule has 0 unspecified atom stereocenters. The van der Waals surface area contributed by atoms with Crippen molar-refractivity contribution in [2.75, 3.05) is 7.11 Å². The first kappa shape index (κ1) is 23.0. The average molecular weight is 470 g/mol. The van der Waals surface area contributed by atoms with Crippen molar-refractivity contribution >= 4 is 33.2 Å². The number of aromatic nitrogens is 5. The minimum absolute atomic E-state index is 0.0450. The summed E-state index contributed by atoms with van der Waals surface area (Å²) < 4.78 is 9.40. The molecule has 5 rings (SSSR count). The zero-order chi connectivity index (χ0) is 24.4. The Balaban J connectivity index is 1.71. The third-order valence-electron chi connectivity index (χ3n) is 6.65. The van der Waals surface area contributed by atoms with Crippen LogP contribution in [0.4, 0.5) is 0 Å². The summed E-state index contributed by atoms with van der Waals surface area (Å²) in [6.07, 6.45) is 5.69. The third-order valence-corrected chi connectivity index (χ3v) is 6.65. The van der Waals surface area contributed by atoms with Gasteiger partial charge in [0.05, 0.1) is 24.7 Å². The van der Waals surface area contributed by atoms with Crippen molar-refractivity contribution in [3.05, 3.63) is 70.3 Å². The van der Waals surface area contributed by atoms with Crippen molar-refractivity contribution in [1.82, 2.24) is 24.1 Å². The van der Waals surface area contributed by atoms with E-state index in [0.717, 1.165) is 35.2 Å². The van der Waals surface area contributed by atoms with E-state index in [9.17, 15) is 4.79 Å². The van der Waals surface area contributed by atoms with Crippen LogP contribution in [-0.2, 0) is 13.1 Å². The van der Waals surface area contributed by atoms with Crippen LogP contribution in [0.2, 0.25) is 0 Å². The van der Waals surface area contributed by atoms with Gasteiger partial charge in [-0.3, -0.25) is 9.36 Å². The summed E-state index contributed by atoms with van der Waals surface area (Å²) in [6.45, 7) is 5.26. The predicted molar refractivity (Wildman–Crippen MR) is 140 cm³/mol. The molecule has 3 aromatic heterocycles. The number of benzene rings is 2. The number of rotatable bonds is 9. The van der Waals surface area contributed by atoms with Crippen LogP contribution in [0.3, 0.4) is 0 Å². The maximum absolute atomic E-state index is 13.8. The molecule has 3 heterocycles. The number of methoxy groups -OCH3 is 1. The molecule has 7 heteroatoms. The normalized spacial score (nSPS) is 11.6. The molecule has 180 valence electrons. The minimum Gasteiger partial charge on any atom is -0.496 e. The fourth-order valence-electron chi connectivity index (χ4n) is 4.79. The molecular weight excluding hydrogens is 438 g/mol. The van der Waals surface area contributed by atoms with E-state index in [1.54, 1.807) is 11.7 Å². The smallest absolute Gasteiger partial charge is 0.265 e. The second-order valence-electron chi connectivity index (χ2n) is 9.01. The number of unbranched alkanes of at least 4 members (excludes halogenated alkanes) is 4. The van der Waals surface area contributed by atoms with Gasteiger partial charge in [0.15, 0.2) is 11.3 Å². The van der Waals surface area contributed by atoms with Crippen molar-refractivity contribution in [1.29, 1.82) is 0 Å². The van der Waals surface area contributed by atoms with Crippen LogP contribution >= 0.6 is 0 Å². The van der Waals surface area contributed by atoms with Gasteiger partial charge in [-0.2, -0.15) is 0 Å². The Bertz CT molecular complexity index is 1570. The Labute approximate surface area is 204 Å². The fourth-order valence-corrected chi connectivity index (χ4v) is 4.79. The van der Waals surface area contributed by atoms with Crippen LogP contribution in [0, 0.1) is 6.92 Å². The number of hydrogen-bond acceptors (Lipinski definition) is 5. The summed E-state index contributed by atoms with van der Waals surface area (Å²) in [5.41, 5.74) is 4.38. The number of ether oxygens (including phenoxy) is 1. The fraction of sp³-hybridized carbons (Fsp3) is 0.357. The lowest BCUT2D eigenvalue weighted by atomic mass is 10.1. The van der Waals surface area contributed by atoms with E-state index in [1.165, 1.54) is 19.3 Å². The van der Waals surface area contributed by atoms with E-state index < -0.39 is 0 Å². The van der Waals surface area contributed by atoms with Gasteiger partial charge in [-0.25, -0.2) is 15.0 Å². The summed E-state index contributed by atoms with van der Waals surface area (Å²) >= 11 is 0. The molecule has 0 saturated carbocycles. The SMILES string of the molecule is CCCCCCCn1c(C)nc2c(c1=O)c1nc3ccccc3nc1n2Cc1ccccc1OC. The Kier molecular flexibility index (Phi) is 6.49. The van der Waals surface area contributed by atoms with E-state index in [1.807, 2.05) is 60.0 Å². The van der Waals surface area contributed by atoms with Gasteiger partial charge in [0, 0.05) is 12.1 Å². The first-order valence-corrected chi connectivity index (χ1v) is 12.4. The molecule has 0 aliphatic rings. The third kappa shape index (κ3) is 4.27. The number of nitrogens with zero attached hydrogens (tertiary/aromatic N) is 5. The quantitative estimate of drug-likeness (QED) is 0.262. The van der Waals surface area contributed by atoms with E-state index in [0.29, 0.717) is 41.1 Å². The molecule has 0 spiro atoms. The largest absolute Gasteiger partial charge is 0.496 e. The van der Waals surface area contributed by atoms with Gasteiger partial charge >= 0.3 is 0 Å². The summed E-state index contributed by atoms with van der Waals surface area (Å²) in [7, 11) is 1.67. The molecule has 35 heavy (non-hydrogen) atoms. The number of hydrogen-bond donors (Lipinski definition) is 0. The second kappa shape index (κ2) is 9.86. The van der Waals surface area contributed by atoms with Crippen molar-refractivity contribution in [2.45, 2.75) is 59.0 Å². The highest BCUT2D eigenvalue weighted by atomic mass is 16.5. The molecule has 0 atom stereocenters. The maximum Gasteiger partial charge on any atom is 0.265 e. The Hall–Kier alpha value is -3.74. The molecule has 7 nitrogen and oxygen atoms in total. The van der Waals surface area contributed by atoms with Crippen molar-refractivity contribution in [3.63, 3.8) is 0 Å².